The molecule has 112 valence electrons. The number of hydrogen-bond acceptors (Lipinski definition) is 1. The molecule has 3 nitrogen and oxygen atoms in total. The minimum absolute atomic E-state index is 0.0591. The van der Waals surface area contributed by atoms with E-state index in [-0.39, 0.29) is 5.91 Å². The minimum atomic E-state index is 0.0591. The summed E-state index contributed by atoms with van der Waals surface area (Å²) in [5.74, 6) is 0.0591. The van der Waals surface area contributed by atoms with E-state index in [2.05, 4.69) is 35.1 Å². The zero-order chi connectivity index (χ0) is 14.6. The zero-order valence-corrected chi connectivity index (χ0v) is 14.1. The van der Waals surface area contributed by atoms with E-state index in [1.165, 1.54) is 25.7 Å². The molecule has 1 aliphatic carbocycles. The van der Waals surface area contributed by atoms with E-state index in [1.807, 2.05) is 16.8 Å². The van der Waals surface area contributed by atoms with Crippen LogP contribution in [0, 0.1) is 5.41 Å². The molecule has 1 N–H and O–H groups in total. The van der Waals surface area contributed by atoms with Gasteiger partial charge in [-0.2, -0.15) is 0 Å². The van der Waals surface area contributed by atoms with E-state index < -0.39 is 0 Å². The van der Waals surface area contributed by atoms with Crippen LogP contribution in [0.1, 0.15) is 62.9 Å². The van der Waals surface area contributed by atoms with Gasteiger partial charge in [0, 0.05) is 23.8 Å². The highest BCUT2D eigenvalue weighted by Crippen LogP contribution is 2.40. The van der Waals surface area contributed by atoms with Crippen LogP contribution >= 0.6 is 15.9 Å². The van der Waals surface area contributed by atoms with Gasteiger partial charge in [0.05, 0.1) is 0 Å². The Morgan fingerprint density at radius 3 is 2.70 bits per heavy atom. The first-order valence-electron chi connectivity index (χ1n) is 7.74. The summed E-state index contributed by atoms with van der Waals surface area (Å²) in [7, 11) is 0. The third-order valence-electron chi connectivity index (χ3n) is 4.60. The number of nitrogens with one attached hydrogen (secondary N) is 1. The van der Waals surface area contributed by atoms with E-state index in [0.29, 0.717) is 5.41 Å². The molecule has 1 aromatic heterocycles. The van der Waals surface area contributed by atoms with Gasteiger partial charge in [0.25, 0.3) is 5.91 Å². The highest BCUT2D eigenvalue weighted by molar-refractivity contribution is 9.10. The molecule has 0 aromatic carbocycles. The topological polar surface area (TPSA) is 34.0 Å². The molecule has 1 heterocycles. The van der Waals surface area contributed by atoms with Crippen molar-refractivity contribution in [2.24, 2.45) is 5.41 Å². The van der Waals surface area contributed by atoms with Crippen molar-refractivity contribution in [3.63, 3.8) is 0 Å². The molecule has 1 amide bonds. The van der Waals surface area contributed by atoms with Gasteiger partial charge in [0.1, 0.15) is 5.69 Å². The smallest absolute Gasteiger partial charge is 0.267 e. The first-order chi connectivity index (χ1) is 9.60. The molecule has 1 saturated carbocycles. The fourth-order valence-corrected chi connectivity index (χ4v) is 3.69. The molecule has 0 aliphatic heterocycles. The molecule has 0 spiro atoms. The molecule has 1 fully saturated rings. The third kappa shape index (κ3) is 3.46. The maximum atomic E-state index is 12.4. The lowest BCUT2D eigenvalue weighted by atomic mass is 9.83. The summed E-state index contributed by atoms with van der Waals surface area (Å²) < 4.78 is 3.01. The second kappa shape index (κ2) is 6.79. The van der Waals surface area contributed by atoms with E-state index in [9.17, 15) is 4.79 Å². The Kier molecular flexibility index (Phi) is 5.30. The average Bonchev–Trinajstić information content (AvgIpc) is 3.04. The molecule has 4 heteroatoms. The molecule has 0 saturated heterocycles. The lowest BCUT2D eigenvalue weighted by Crippen LogP contribution is -2.36. The number of hydrogen-bond donors (Lipinski definition) is 1. The Morgan fingerprint density at radius 2 is 2.10 bits per heavy atom. The zero-order valence-electron chi connectivity index (χ0n) is 12.5. The van der Waals surface area contributed by atoms with Gasteiger partial charge < -0.3 is 9.88 Å². The summed E-state index contributed by atoms with van der Waals surface area (Å²) in [6.45, 7) is 6.07. The van der Waals surface area contributed by atoms with Crippen LogP contribution in [0.3, 0.4) is 0 Å². The van der Waals surface area contributed by atoms with Crippen LogP contribution in [-0.4, -0.2) is 17.0 Å². The number of carbonyl (C=O) groups excluding carboxylic acids is 1. The summed E-state index contributed by atoms with van der Waals surface area (Å²) in [6, 6.07) is 1.91. The van der Waals surface area contributed by atoms with Gasteiger partial charge in [-0.25, -0.2) is 0 Å². The highest BCUT2D eigenvalue weighted by atomic mass is 79.9. The summed E-state index contributed by atoms with van der Waals surface area (Å²) in [5, 5.41) is 3.16. The van der Waals surface area contributed by atoms with E-state index in [4.69, 9.17) is 0 Å². The standard InChI is InChI=1S/C16H25BrN2O/c1-3-9-19-11-13(17)10-14(19)15(20)18-12-16(4-2)7-5-6-8-16/h10-11H,3-9,12H2,1-2H3,(H,18,20). The number of amides is 1. The van der Waals surface area contributed by atoms with Gasteiger partial charge in [0.15, 0.2) is 0 Å². The Morgan fingerprint density at radius 1 is 1.40 bits per heavy atom. The Labute approximate surface area is 130 Å². The van der Waals surface area contributed by atoms with Crippen molar-refractivity contribution in [2.45, 2.75) is 58.9 Å². The first kappa shape index (κ1) is 15.6. The Balaban J connectivity index is 2.01. The summed E-state index contributed by atoms with van der Waals surface area (Å²) >= 11 is 3.46. The second-order valence-electron chi connectivity index (χ2n) is 5.98. The molecule has 20 heavy (non-hydrogen) atoms. The maximum Gasteiger partial charge on any atom is 0.267 e. The highest BCUT2D eigenvalue weighted by Gasteiger charge is 2.32. The van der Waals surface area contributed by atoms with Gasteiger partial charge in [0.2, 0.25) is 0 Å². The predicted octanol–water partition coefficient (Wildman–Crippen LogP) is 4.36. The molecule has 1 aromatic rings. The Bertz CT molecular complexity index is 461. The largest absolute Gasteiger partial charge is 0.350 e. The van der Waals surface area contributed by atoms with Crippen LogP contribution in [-0.2, 0) is 6.54 Å². The molecule has 0 unspecified atom stereocenters. The first-order valence-corrected chi connectivity index (χ1v) is 8.53. The summed E-state index contributed by atoms with van der Waals surface area (Å²) in [6.07, 6.45) is 9.30. The number of halogens is 1. The monoisotopic (exact) mass is 340 g/mol. The van der Waals surface area contributed by atoms with Crippen molar-refractivity contribution < 1.29 is 4.79 Å². The molecule has 0 atom stereocenters. The molecular weight excluding hydrogens is 316 g/mol. The molecular formula is C16H25BrN2O. The van der Waals surface area contributed by atoms with Crippen LogP contribution in [0.15, 0.2) is 16.7 Å². The fraction of sp³-hybridized carbons (Fsp3) is 0.688. The number of carbonyl (C=O) groups is 1. The average molecular weight is 341 g/mol. The fourth-order valence-electron chi connectivity index (χ4n) is 3.23. The number of aromatic nitrogens is 1. The van der Waals surface area contributed by atoms with Crippen molar-refractivity contribution in [3.05, 3.63) is 22.4 Å². The van der Waals surface area contributed by atoms with Gasteiger partial charge >= 0.3 is 0 Å². The maximum absolute atomic E-state index is 12.4. The molecule has 2 rings (SSSR count). The van der Waals surface area contributed by atoms with Crippen LogP contribution in [0.25, 0.3) is 0 Å². The van der Waals surface area contributed by atoms with Crippen LogP contribution in [0.5, 0.6) is 0 Å². The minimum Gasteiger partial charge on any atom is -0.350 e. The number of rotatable bonds is 6. The second-order valence-corrected chi connectivity index (χ2v) is 6.90. The van der Waals surface area contributed by atoms with E-state index >= 15 is 0 Å². The molecule has 0 bridgehead atoms. The van der Waals surface area contributed by atoms with Crippen molar-refractivity contribution >= 4 is 21.8 Å². The van der Waals surface area contributed by atoms with Crippen molar-refractivity contribution in [2.75, 3.05) is 6.54 Å². The van der Waals surface area contributed by atoms with Crippen molar-refractivity contribution in [3.8, 4) is 0 Å². The number of aryl methyl sites for hydroxylation is 1. The van der Waals surface area contributed by atoms with Gasteiger partial charge in [-0.15, -0.1) is 0 Å². The summed E-state index contributed by atoms with van der Waals surface area (Å²) in [5.41, 5.74) is 1.11. The normalized spacial score (nSPS) is 17.4. The molecule has 1 aliphatic rings. The quantitative estimate of drug-likeness (QED) is 0.819. The van der Waals surface area contributed by atoms with Crippen LogP contribution < -0.4 is 5.32 Å². The van der Waals surface area contributed by atoms with E-state index in [0.717, 1.165) is 36.1 Å². The van der Waals surface area contributed by atoms with E-state index in [1.54, 1.807) is 0 Å². The van der Waals surface area contributed by atoms with Crippen LogP contribution in [0.2, 0.25) is 0 Å². The summed E-state index contributed by atoms with van der Waals surface area (Å²) in [4.78, 5) is 12.4. The third-order valence-corrected chi connectivity index (χ3v) is 5.03. The molecule has 0 radical (unpaired) electrons. The lowest BCUT2D eigenvalue weighted by molar-refractivity contribution is 0.0919. The van der Waals surface area contributed by atoms with Gasteiger partial charge in [-0.3, -0.25) is 4.79 Å². The lowest BCUT2D eigenvalue weighted by Gasteiger charge is -2.27. The van der Waals surface area contributed by atoms with Gasteiger partial charge in [-0.05, 0) is 53.1 Å². The SMILES string of the molecule is CCCn1cc(Br)cc1C(=O)NCC1(CC)CCCC1. The van der Waals surface area contributed by atoms with Crippen LogP contribution in [0.4, 0.5) is 0 Å². The number of nitrogens with zero attached hydrogens (tertiary/aromatic N) is 1. The predicted molar refractivity (Wildman–Crippen MR) is 85.9 cm³/mol. The Hall–Kier alpha value is -0.770. The van der Waals surface area contributed by atoms with Crippen molar-refractivity contribution in [1.29, 1.82) is 0 Å². The van der Waals surface area contributed by atoms with Crippen molar-refractivity contribution in [1.82, 2.24) is 9.88 Å². The van der Waals surface area contributed by atoms with Gasteiger partial charge in [-0.1, -0.05) is 26.7 Å².